The molecule has 4 saturated carbocycles. The second kappa shape index (κ2) is 11.6. The zero-order chi connectivity index (χ0) is 33.7. The van der Waals surface area contributed by atoms with Gasteiger partial charge in [0.2, 0.25) is 0 Å². The van der Waals surface area contributed by atoms with Gasteiger partial charge in [-0.1, -0.05) is 39.0 Å². The van der Waals surface area contributed by atoms with Crippen LogP contribution in [0.25, 0.3) is 11.1 Å². The number of ether oxygens (including phenoxy) is 4. The van der Waals surface area contributed by atoms with Crippen LogP contribution >= 0.6 is 0 Å². The van der Waals surface area contributed by atoms with Crippen LogP contribution in [0.1, 0.15) is 121 Å². The van der Waals surface area contributed by atoms with E-state index in [2.05, 4.69) is 39.0 Å². The van der Waals surface area contributed by atoms with Gasteiger partial charge in [-0.25, -0.2) is 0 Å². The van der Waals surface area contributed by atoms with E-state index in [-0.39, 0.29) is 28.5 Å². The van der Waals surface area contributed by atoms with Crippen LogP contribution < -0.4 is 0 Å². The van der Waals surface area contributed by atoms with Crippen molar-refractivity contribution in [2.24, 2.45) is 34.0 Å². The molecule has 2 saturated heterocycles. The zero-order valence-corrected chi connectivity index (χ0v) is 30.0. The highest BCUT2D eigenvalue weighted by Gasteiger charge is 2.73. The molecule has 2 N–H and O–H groups in total. The number of rotatable bonds is 6. The van der Waals surface area contributed by atoms with Gasteiger partial charge in [-0.3, -0.25) is 0 Å². The van der Waals surface area contributed by atoms with Crippen molar-refractivity contribution in [1.82, 2.24) is 0 Å². The minimum atomic E-state index is -0.864. The van der Waals surface area contributed by atoms with Crippen molar-refractivity contribution in [3.63, 3.8) is 0 Å². The van der Waals surface area contributed by atoms with E-state index in [1.807, 2.05) is 12.3 Å². The summed E-state index contributed by atoms with van der Waals surface area (Å²) in [5.74, 6) is 0.903. The smallest absolute Gasteiger partial charge is 0.171 e. The van der Waals surface area contributed by atoms with Crippen LogP contribution in [0.15, 0.2) is 41.2 Å². The van der Waals surface area contributed by atoms with E-state index in [1.165, 1.54) is 23.1 Å². The first-order valence-electron chi connectivity index (χ1n) is 19.6. The third kappa shape index (κ3) is 5.10. The number of hydrogen-bond acceptors (Lipinski definition) is 7. The van der Waals surface area contributed by atoms with Gasteiger partial charge < -0.3 is 33.6 Å². The summed E-state index contributed by atoms with van der Waals surface area (Å²) in [6.07, 6.45) is 16.2. The van der Waals surface area contributed by atoms with Gasteiger partial charge in [0.25, 0.3) is 0 Å². The summed E-state index contributed by atoms with van der Waals surface area (Å²) < 4.78 is 30.6. The van der Waals surface area contributed by atoms with Crippen molar-refractivity contribution in [3.8, 4) is 11.1 Å². The molecule has 6 fully saturated rings. The summed E-state index contributed by atoms with van der Waals surface area (Å²) >= 11 is 0. The fourth-order valence-corrected chi connectivity index (χ4v) is 12.8. The lowest BCUT2D eigenvalue weighted by Crippen LogP contribution is -2.71. The van der Waals surface area contributed by atoms with Gasteiger partial charge in [-0.2, -0.15) is 0 Å². The molecule has 1 aromatic heterocycles. The Balaban J connectivity index is 1.06. The number of hydrogen-bond donors (Lipinski definition) is 2. The highest BCUT2D eigenvalue weighted by molar-refractivity contribution is 5.64. The number of furan rings is 1. The quantitative estimate of drug-likeness (QED) is 0.299. The minimum absolute atomic E-state index is 0.0120. The van der Waals surface area contributed by atoms with Gasteiger partial charge in [0.15, 0.2) is 12.1 Å². The molecule has 268 valence electrons. The van der Waals surface area contributed by atoms with Crippen LogP contribution in [0.2, 0.25) is 0 Å². The van der Waals surface area contributed by atoms with Gasteiger partial charge in [-0.05, 0) is 129 Å². The Kier molecular flexibility index (Phi) is 7.86. The molecule has 3 heterocycles. The molecular formula is C42H58O7. The molecule has 2 spiro atoms. The van der Waals surface area contributed by atoms with Crippen molar-refractivity contribution in [3.05, 3.63) is 47.9 Å². The van der Waals surface area contributed by atoms with E-state index in [9.17, 15) is 10.2 Å². The second-order valence-corrected chi connectivity index (χ2v) is 18.5. The Morgan fingerprint density at radius 3 is 2.55 bits per heavy atom. The van der Waals surface area contributed by atoms with Crippen molar-refractivity contribution in [2.75, 3.05) is 26.4 Å². The van der Waals surface area contributed by atoms with E-state index in [1.54, 1.807) is 6.26 Å². The highest BCUT2D eigenvalue weighted by atomic mass is 16.7. The number of aliphatic hydroxyl groups is 2. The largest absolute Gasteiger partial charge is 0.472 e. The topological polar surface area (TPSA) is 90.5 Å². The van der Waals surface area contributed by atoms with Gasteiger partial charge in [0, 0.05) is 42.4 Å². The third-order valence-electron chi connectivity index (χ3n) is 15.3. The summed E-state index contributed by atoms with van der Waals surface area (Å²) in [7, 11) is 0. The SMILES string of the molecule is CC1(C)COC2(CC[C@@]34Cc5cc(-c6ccoc6)ccc5C5C[C@@]6(C)[C@H](CC[C@]6(O)CCCOC6CCCCO6)[C@H](CC[C@@]3(O)C2)C54)OC1. The first kappa shape index (κ1) is 33.1. The van der Waals surface area contributed by atoms with Crippen LogP contribution in [0.5, 0.6) is 0 Å². The van der Waals surface area contributed by atoms with Crippen LogP contribution in [0.3, 0.4) is 0 Å². The van der Waals surface area contributed by atoms with E-state index >= 15 is 0 Å². The van der Waals surface area contributed by atoms with Gasteiger partial charge in [0.1, 0.15) is 0 Å². The van der Waals surface area contributed by atoms with E-state index in [0.29, 0.717) is 44.0 Å². The molecule has 2 aliphatic heterocycles. The Morgan fingerprint density at radius 2 is 1.78 bits per heavy atom. The lowest BCUT2D eigenvalue weighted by molar-refractivity contribution is -0.358. The normalized spacial score (nSPS) is 43.3. The summed E-state index contributed by atoms with van der Waals surface area (Å²) in [6.45, 7) is 9.59. The molecule has 5 aliphatic carbocycles. The van der Waals surface area contributed by atoms with Crippen LogP contribution in [0, 0.1) is 34.0 Å². The van der Waals surface area contributed by atoms with Crippen molar-refractivity contribution in [1.29, 1.82) is 0 Å². The van der Waals surface area contributed by atoms with Gasteiger partial charge in [0.05, 0.1) is 36.9 Å². The fourth-order valence-electron chi connectivity index (χ4n) is 12.8. The van der Waals surface area contributed by atoms with E-state index in [0.717, 1.165) is 89.2 Å². The maximum Gasteiger partial charge on any atom is 0.171 e. The standard InChI is InChI=1S/C42H58O7/c1-37(2)26-48-42(49-27-37)17-16-39-22-30-21-28(29-12-20-45-24-29)8-9-31(30)33-23-38(3)34(32(36(33)39)10-14-41(39,44)25-42)11-15-40(38,43)13-6-19-47-35-7-4-5-18-46-35/h8-9,12,20-21,24,32-36,43-44H,4-7,10-11,13-19,22-23,25-27H2,1-3H3/t32-,33?,34+,35?,36?,38-,39-,40+,41+/m0/s1. The number of benzene rings is 1. The molecule has 2 aromatic rings. The summed E-state index contributed by atoms with van der Waals surface area (Å²) in [6, 6.07) is 9.08. The van der Waals surface area contributed by atoms with Crippen LogP contribution in [-0.4, -0.2) is 59.9 Å². The predicted molar refractivity (Wildman–Crippen MR) is 186 cm³/mol. The lowest BCUT2D eigenvalue weighted by Gasteiger charge is -2.70. The number of fused-ring (bicyclic) bond motifs is 4. The van der Waals surface area contributed by atoms with Crippen LogP contribution in [0.4, 0.5) is 0 Å². The first-order valence-corrected chi connectivity index (χ1v) is 19.6. The molecule has 9 rings (SSSR count). The van der Waals surface area contributed by atoms with Crippen LogP contribution in [-0.2, 0) is 25.4 Å². The monoisotopic (exact) mass is 674 g/mol. The predicted octanol–water partition coefficient (Wildman–Crippen LogP) is 8.16. The molecule has 0 amide bonds. The molecule has 0 radical (unpaired) electrons. The van der Waals surface area contributed by atoms with E-state index < -0.39 is 17.0 Å². The fraction of sp³-hybridized carbons (Fsp3) is 0.762. The summed E-state index contributed by atoms with van der Waals surface area (Å²) in [4.78, 5) is 0. The molecule has 9 atom stereocenters. The average Bonchev–Trinajstić information content (AvgIpc) is 3.72. The molecular weight excluding hydrogens is 616 g/mol. The van der Waals surface area contributed by atoms with Crippen molar-refractivity contribution in [2.45, 2.75) is 140 Å². The Bertz CT molecular complexity index is 1520. The summed E-state index contributed by atoms with van der Waals surface area (Å²) in [5, 5.41) is 25.9. The Hall–Kier alpha value is -1.74. The molecule has 7 heteroatoms. The average molecular weight is 675 g/mol. The Labute approximate surface area is 292 Å². The highest BCUT2D eigenvalue weighted by Crippen LogP contribution is 2.75. The zero-order valence-electron chi connectivity index (χ0n) is 30.0. The van der Waals surface area contributed by atoms with Gasteiger partial charge >= 0.3 is 0 Å². The molecule has 7 aliphatic rings. The third-order valence-corrected chi connectivity index (χ3v) is 15.3. The molecule has 7 nitrogen and oxygen atoms in total. The maximum atomic E-state index is 13.2. The summed E-state index contributed by atoms with van der Waals surface area (Å²) in [5.41, 5.74) is 3.04. The maximum absolute atomic E-state index is 13.2. The van der Waals surface area contributed by atoms with Gasteiger partial charge in [-0.15, -0.1) is 0 Å². The van der Waals surface area contributed by atoms with E-state index in [4.69, 9.17) is 23.4 Å². The first-order chi connectivity index (χ1) is 23.5. The molecule has 3 unspecified atom stereocenters. The molecule has 0 bridgehead atoms. The molecule has 49 heavy (non-hydrogen) atoms. The minimum Gasteiger partial charge on any atom is -0.472 e. The Morgan fingerprint density at radius 1 is 0.918 bits per heavy atom. The second-order valence-electron chi connectivity index (χ2n) is 18.5. The van der Waals surface area contributed by atoms with Crippen molar-refractivity contribution < 1.29 is 33.6 Å². The van der Waals surface area contributed by atoms with Crippen molar-refractivity contribution >= 4 is 0 Å². The molecule has 1 aromatic carbocycles. The lowest BCUT2D eigenvalue weighted by atomic mass is 9.36.